The molecule has 0 radical (unpaired) electrons. The molecule has 2 aromatic carbocycles. The lowest BCUT2D eigenvalue weighted by Crippen LogP contribution is -1.92. The fourth-order valence-electron chi connectivity index (χ4n) is 2.73. The van der Waals surface area contributed by atoms with Gasteiger partial charge in [0.05, 0.1) is 22.8 Å². The predicted octanol–water partition coefficient (Wildman–Crippen LogP) is 5.08. The number of hydrogen-bond acceptors (Lipinski definition) is 7. The number of aromatic nitrogens is 1. The number of nitrogens with zero attached hydrogens (tertiary/aromatic N) is 2. The number of thiazole rings is 1. The van der Waals surface area contributed by atoms with E-state index in [2.05, 4.69) is 27.0 Å². The summed E-state index contributed by atoms with van der Waals surface area (Å²) in [5, 5.41) is 22.0. The van der Waals surface area contributed by atoms with Crippen molar-refractivity contribution in [2.24, 2.45) is 0 Å². The lowest BCUT2D eigenvalue weighted by atomic mass is 10.1. The molecule has 8 heteroatoms. The maximum absolute atomic E-state index is 9.94. The van der Waals surface area contributed by atoms with Crippen LogP contribution in [0, 0.1) is 11.3 Å². The van der Waals surface area contributed by atoms with Crippen molar-refractivity contribution in [3.05, 3.63) is 50.8 Å². The van der Waals surface area contributed by atoms with Gasteiger partial charge in [0.1, 0.15) is 11.1 Å². The Balaban J connectivity index is 1.68. The molecule has 1 N–H and O–H groups in total. The van der Waals surface area contributed by atoms with Crippen LogP contribution in [0.2, 0.25) is 0 Å². The van der Waals surface area contributed by atoms with Gasteiger partial charge < -0.3 is 19.3 Å². The molecule has 1 aliphatic rings. The normalized spacial score (nSPS) is 12.7. The van der Waals surface area contributed by atoms with E-state index in [1.165, 1.54) is 18.4 Å². The average Bonchev–Trinajstić information content (AvgIpc) is 3.37. The van der Waals surface area contributed by atoms with Crippen molar-refractivity contribution in [3.63, 3.8) is 0 Å². The molecule has 1 aromatic heterocycles. The van der Waals surface area contributed by atoms with Crippen LogP contribution in [0.5, 0.6) is 23.0 Å². The number of rotatable bonds is 4. The molecule has 6 nitrogen and oxygen atoms in total. The summed E-state index contributed by atoms with van der Waals surface area (Å²) in [7, 11) is 1.47. The van der Waals surface area contributed by atoms with E-state index in [9.17, 15) is 10.4 Å². The van der Waals surface area contributed by atoms with Crippen molar-refractivity contribution in [3.8, 4) is 40.3 Å². The largest absolute Gasteiger partial charge is 0.503 e. The maximum atomic E-state index is 9.94. The van der Waals surface area contributed by atoms with Gasteiger partial charge >= 0.3 is 0 Å². The van der Waals surface area contributed by atoms with E-state index in [1.807, 2.05) is 23.6 Å². The Bertz CT molecular complexity index is 1130. The Kier molecular flexibility index (Phi) is 4.94. The number of allylic oxidation sites excluding steroid dienone is 1. The predicted molar refractivity (Wildman–Crippen MR) is 110 cm³/mol. The Morgan fingerprint density at radius 3 is 2.93 bits per heavy atom. The lowest BCUT2D eigenvalue weighted by Gasteiger charge is -2.06. The van der Waals surface area contributed by atoms with Crippen LogP contribution >= 0.6 is 27.3 Å². The molecule has 3 aromatic rings. The van der Waals surface area contributed by atoms with Gasteiger partial charge in [-0.05, 0) is 57.9 Å². The zero-order valence-corrected chi connectivity index (χ0v) is 17.0. The van der Waals surface area contributed by atoms with Crippen molar-refractivity contribution < 1.29 is 19.3 Å². The highest BCUT2D eigenvalue weighted by molar-refractivity contribution is 9.10. The third kappa shape index (κ3) is 3.42. The van der Waals surface area contributed by atoms with Crippen molar-refractivity contribution in [2.45, 2.75) is 0 Å². The second-order valence-electron chi connectivity index (χ2n) is 5.83. The number of methoxy groups -OCH3 is 1. The van der Waals surface area contributed by atoms with Crippen LogP contribution in [0.25, 0.3) is 22.9 Å². The first-order valence-corrected chi connectivity index (χ1v) is 9.80. The summed E-state index contributed by atoms with van der Waals surface area (Å²) < 4.78 is 16.4. The van der Waals surface area contributed by atoms with Gasteiger partial charge in [0.25, 0.3) is 0 Å². The smallest absolute Gasteiger partial charge is 0.231 e. The topological polar surface area (TPSA) is 84.6 Å². The minimum absolute atomic E-state index is 0.0116. The van der Waals surface area contributed by atoms with Gasteiger partial charge in [-0.3, -0.25) is 0 Å². The van der Waals surface area contributed by atoms with Crippen LogP contribution < -0.4 is 14.2 Å². The molecule has 0 saturated carbocycles. The van der Waals surface area contributed by atoms with Crippen molar-refractivity contribution in [1.29, 1.82) is 5.26 Å². The molecule has 0 bridgehead atoms. The summed E-state index contributed by atoms with van der Waals surface area (Å²) in [6, 6.07) is 11.2. The van der Waals surface area contributed by atoms with E-state index in [1.54, 1.807) is 18.2 Å². The highest BCUT2D eigenvalue weighted by Crippen LogP contribution is 2.38. The van der Waals surface area contributed by atoms with E-state index in [-0.39, 0.29) is 12.5 Å². The summed E-state index contributed by atoms with van der Waals surface area (Å²) in [6.45, 7) is 0.216. The molecular formula is C20H13BrN2O4S. The Labute approximate surface area is 173 Å². The minimum atomic E-state index is 0.0116. The number of phenolic OH excluding ortho intramolecular Hbond substituents is 1. The van der Waals surface area contributed by atoms with Crippen molar-refractivity contribution >= 4 is 38.9 Å². The van der Waals surface area contributed by atoms with E-state index >= 15 is 0 Å². The van der Waals surface area contributed by atoms with Gasteiger partial charge in [-0.2, -0.15) is 5.26 Å². The zero-order chi connectivity index (χ0) is 19.7. The number of halogens is 1. The van der Waals surface area contributed by atoms with Gasteiger partial charge in [0.15, 0.2) is 23.0 Å². The fraction of sp³-hybridized carbons (Fsp3) is 0.100. The number of ether oxygens (including phenoxy) is 3. The van der Waals surface area contributed by atoms with Gasteiger partial charge in [-0.1, -0.05) is 0 Å². The van der Waals surface area contributed by atoms with Crippen LogP contribution in [0.3, 0.4) is 0 Å². The van der Waals surface area contributed by atoms with E-state index in [4.69, 9.17) is 14.2 Å². The third-order valence-electron chi connectivity index (χ3n) is 4.11. The van der Waals surface area contributed by atoms with Crippen LogP contribution in [0.4, 0.5) is 0 Å². The van der Waals surface area contributed by atoms with Gasteiger partial charge in [0, 0.05) is 10.9 Å². The molecule has 2 heterocycles. The number of benzene rings is 2. The van der Waals surface area contributed by atoms with Gasteiger partial charge in [-0.25, -0.2) is 4.98 Å². The number of fused-ring (bicyclic) bond motifs is 1. The Hall–Kier alpha value is -3.02. The Morgan fingerprint density at radius 1 is 1.32 bits per heavy atom. The minimum Gasteiger partial charge on any atom is -0.503 e. The SMILES string of the molecule is COc1cc(/C=C(/C#N)c2nc(-c3ccc4c(c3)OCO4)cs2)cc(Br)c1O. The number of aromatic hydroxyl groups is 1. The molecular weight excluding hydrogens is 444 g/mol. The molecule has 0 saturated heterocycles. The Morgan fingerprint density at radius 2 is 2.14 bits per heavy atom. The standard InChI is InChI=1S/C20H13BrN2O4S/c1-25-18-6-11(5-14(21)19(18)24)4-13(8-22)20-23-15(9-28-20)12-2-3-16-17(7-12)27-10-26-16/h2-7,9,24H,10H2,1H3/b13-4-. The summed E-state index contributed by atoms with van der Waals surface area (Å²) in [5.41, 5.74) is 2.76. The first-order valence-electron chi connectivity index (χ1n) is 8.13. The number of phenols is 1. The molecule has 140 valence electrons. The second kappa shape index (κ2) is 7.54. The fourth-order valence-corrected chi connectivity index (χ4v) is 3.98. The summed E-state index contributed by atoms with van der Waals surface area (Å²) >= 11 is 4.67. The quantitative estimate of drug-likeness (QED) is 0.550. The van der Waals surface area contributed by atoms with Crippen LogP contribution in [0.15, 0.2) is 40.2 Å². The third-order valence-corrected chi connectivity index (χ3v) is 5.59. The van der Waals surface area contributed by atoms with E-state index in [0.29, 0.717) is 37.9 Å². The molecule has 0 amide bonds. The van der Waals surface area contributed by atoms with Crippen molar-refractivity contribution in [1.82, 2.24) is 4.98 Å². The molecule has 0 unspecified atom stereocenters. The average molecular weight is 457 g/mol. The molecule has 28 heavy (non-hydrogen) atoms. The summed E-state index contributed by atoms with van der Waals surface area (Å²) in [5.74, 6) is 1.73. The highest BCUT2D eigenvalue weighted by atomic mass is 79.9. The van der Waals surface area contributed by atoms with Crippen LogP contribution in [-0.2, 0) is 0 Å². The molecule has 0 aliphatic carbocycles. The molecule has 0 spiro atoms. The molecule has 0 fully saturated rings. The van der Waals surface area contributed by atoms with E-state index in [0.717, 1.165) is 11.3 Å². The zero-order valence-electron chi connectivity index (χ0n) is 14.6. The second-order valence-corrected chi connectivity index (χ2v) is 7.54. The molecule has 1 aliphatic heterocycles. The van der Waals surface area contributed by atoms with Gasteiger partial charge in [0.2, 0.25) is 6.79 Å². The first-order chi connectivity index (χ1) is 13.6. The number of nitriles is 1. The maximum Gasteiger partial charge on any atom is 0.231 e. The first kappa shape index (κ1) is 18.3. The van der Waals surface area contributed by atoms with Crippen LogP contribution in [-0.4, -0.2) is 24.0 Å². The highest BCUT2D eigenvalue weighted by Gasteiger charge is 2.16. The summed E-state index contributed by atoms with van der Waals surface area (Å²) in [6.07, 6.45) is 1.70. The molecule has 4 rings (SSSR count). The monoisotopic (exact) mass is 456 g/mol. The van der Waals surface area contributed by atoms with Crippen molar-refractivity contribution in [2.75, 3.05) is 13.9 Å². The van der Waals surface area contributed by atoms with Crippen LogP contribution in [0.1, 0.15) is 10.6 Å². The number of hydrogen-bond donors (Lipinski definition) is 1. The summed E-state index contributed by atoms with van der Waals surface area (Å²) in [4.78, 5) is 4.59. The van der Waals surface area contributed by atoms with Gasteiger partial charge in [-0.15, -0.1) is 11.3 Å². The van der Waals surface area contributed by atoms with E-state index < -0.39 is 0 Å². The lowest BCUT2D eigenvalue weighted by molar-refractivity contribution is 0.174. The molecule has 0 atom stereocenters.